The van der Waals surface area contributed by atoms with Crippen LogP contribution in [0.2, 0.25) is 0 Å². The predicted octanol–water partition coefficient (Wildman–Crippen LogP) is 4.31. The van der Waals surface area contributed by atoms with E-state index < -0.39 is 5.97 Å². The zero-order valence-electron chi connectivity index (χ0n) is 21.7. The van der Waals surface area contributed by atoms with Gasteiger partial charge in [-0.25, -0.2) is 4.68 Å². The van der Waals surface area contributed by atoms with Gasteiger partial charge in [-0.1, -0.05) is 32.9 Å². The number of carbonyl (C=O) groups is 3. The highest BCUT2D eigenvalue weighted by Crippen LogP contribution is 2.28. The molecule has 8 heteroatoms. The largest absolute Gasteiger partial charge is 0.466 e. The summed E-state index contributed by atoms with van der Waals surface area (Å²) in [6.45, 7) is 15.8. The lowest BCUT2D eigenvalue weighted by atomic mass is 9.92. The average molecular weight is 471 g/mol. The number of esters is 1. The number of carbonyl (C=O) groups excluding carboxylic acids is 3. The van der Waals surface area contributed by atoms with Crippen LogP contribution in [0.5, 0.6) is 0 Å². The number of nitrogens with one attached hydrogen (secondary N) is 1. The van der Waals surface area contributed by atoms with Crippen LogP contribution in [0.1, 0.15) is 71.2 Å². The van der Waals surface area contributed by atoms with Gasteiger partial charge in [0.15, 0.2) is 0 Å². The van der Waals surface area contributed by atoms with Crippen LogP contribution in [0.4, 0.5) is 5.82 Å². The van der Waals surface area contributed by atoms with Crippen molar-refractivity contribution in [3.63, 3.8) is 0 Å². The van der Waals surface area contributed by atoms with Crippen molar-refractivity contribution in [1.82, 2.24) is 14.7 Å². The van der Waals surface area contributed by atoms with Gasteiger partial charge in [0, 0.05) is 23.9 Å². The summed E-state index contributed by atoms with van der Waals surface area (Å²) in [5, 5.41) is 7.74. The van der Waals surface area contributed by atoms with Crippen molar-refractivity contribution < 1.29 is 19.1 Å². The minimum absolute atomic E-state index is 0.00111. The van der Waals surface area contributed by atoms with E-state index in [9.17, 15) is 14.4 Å². The third-order valence-corrected chi connectivity index (χ3v) is 5.66. The Bertz CT molecular complexity index is 1030. The van der Waals surface area contributed by atoms with Gasteiger partial charge in [-0.2, -0.15) is 5.10 Å². The number of hydrogen-bond donors (Lipinski definition) is 1. The highest BCUT2D eigenvalue weighted by atomic mass is 16.5. The van der Waals surface area contributed by atoms with Crippen LogP contribution in [-0.2, 0) is 24.5 Å². The Morgan fingerprint density at radius 3 is 2.41 bits per heavy atom. The van der Waals surface area contributed by atoms with Crippen molar-refractivity contribution >= 4 is 23.6 Å². The zero-order chi connectivity index (χ0) is 25.6. The second-order valence-corrected chi connectivity index (χ2v) is 9.76. The molecule has 2 amide bonds. The quantitative estimate of drug-likeness (QED) is 0.552. The normalized spacial score (nSPS) is 11.4. The fourth-order valence-corrected chi connectivity index (χ4v) is 3.47. The molecule has 0 aliphatic rings. The summed E-state index contributed by atoms with van der Waals surface area (Å²) < 4.78 is 6.65. The molecule has 0 spiro atoms. The summed E-state index contributed by atoms with van der Waals surface area (Å²) in [6.07, 6.45) is -0.00918. The first kappa shape index (κ1) is 27.1. The number of amides is 2. The van der Waals surface area contributed by atoms with Crippen LogP contribution < -0.4 is 5.32 Å². The van der Waals surface area contributed by atoms with Gasteiger partial charge in [-0.05, 0) is 51.8 Å². The maximum Gasteiger partial charge on any atom is 0.306 e. The van der Waals surface area contributed by atoms with E-state index in [2.05, 4.69) is 26.1 Å². The molecule has 186 valence electrons. The molecular weight excluding hydrogens is 432 g/mol. The zero-order valence-corrected chi connectivity index (χ0v) is 21.7. The average Bonchev–Trinajstić information content (AvgIpc) is 3.16. The topological polar surface area (TPSA) is 93.5 Å². The first-order valence-electron chi connectivity index (χ1n) is 11.8. The third kappa shape index (κ3) is 6.92. The summed E-state index contributed by atoms with van der Waals surface area (Å²) in [4.78, 5) is 38.8. The molecule has 8 nitrogen and oxygen atoms in total. The number of benzene rings is 1. The molecule has 34 heavy (non-hydrogen) atoms. The number of aromatic nitrogens is 2. The number of nitrogens with zero attached hydrogens (tertiary/aromatic N) is 3. The van der Waals surface area contributed by atoms with Crippen molar-refractivity contribution in [1.29, 1.82) is 0 Å². The van der Waals surface area contributed by atoms with Gasteiger partial charge < -0.3 is 15.0 Å². The molecule has 1 aromatic heterocycles. The van der Waals surface area contributed by atoms with Crippen LogP contribution in [0.25, 0.3) is 5.69 Å². The molecule has 0 aliphatic heterocycles. The summed E-state index contributed by atoms with van der Waals surface area (Å²) >= 11 is 0. The molecule has 2 rings (SSSR count). The van der Waals surface area contributed by atoms with Gasteiger partial charge in [0.25, 0.3) is 0 Å². The Kier molecular flexibility index (Phi) is 9.01. The van der Waals surface area contributed by atoms with E-state index >= 15 is 0 Å². The van der Waals surface area contributed by atoms with Gasteiger partial charge in [0.05, 0.1) is 24.4 Å². The lowest BCUT2D eigenvalue weighted by molar-refractivity contribution is -0.146. The highest BCUT2D eigenvalue weighted by molar-refractivity contribution is 5.94. The van der Waals surface area contributed by atoms with E-state index in [1.807, 2.05) is 52.0 Å². The monoisotopic (exact) mass is 470 g/mol. The van der Waals surface area contributed by atoms with Crippen molar-refractivity contribution in [3.05, 3.63) is 41.1 Å². The Hall–Kier alpha value is -3.16. The Balaban J connectivity index is 2.26. The third-order valence-electron chi connectivity index (χ3n) is 5.66. The molecule has 1 heterocycles. The summed E-state index contributed by atoms with van der Waals surface area (Å²) in [5.41, 5.74) is 3.71. The van der Waals surface area contributed by atoms with Crippen molar-refractivity contribution in [3.8, 4) is 5.69 Å². The number of rotatable bonds is 9. The fraction of sp³-hybridized carbons (Fsp3) is 0.538. The van der Waals surface area contributed by atoms with Gasteiger partial charge in [-0.15, -0.1) is 0 Å². The summed E-state index contributed by atoms with van der Waals surface area (Å²) in [5.74, 6) is -0.468. The Morgan fingerprint density at radius 2 is 1.82 bits per heavy atom. The number of anilines is 1. The van der Waals surface area contributed by atoms with E-state index in [1.165, 1.54) is 4.90 Å². The molecular formula is C26H38N4O4. The van der Waals surface area contributed by atoms with E-state index in [4.69, 9.17) is 9.84 Å². The van der Waals surface area contributed by atoms with Crippen molar-refractivity contribution in [2.24, 2.45) is 0 Å². The molecule has 2 aromatic rings. The molecule has 1 N–H and O–H groups in total. The van der Waals surface area contributed by atoms with Gasteiger partial charge >= 0.3 is 5.97 Å². The summed E-state index contributed by atoms with van der Waals surface area (Å²) in [6, 6.07) is 7.64. The van der Waals surface area contributed by atoms with Crippen LogP contribution in [0, 0.1) is 13.8 Å². The van der Waals surface area contributed by atoms with E-state index in [0.717, 1.165) is 22.5 Å². The molecule has 0 bridgehead atoms. The van der Waals surface area contributed by atoms with E-state index in [1.54, 1.807) is 11.6 Å². The number of hydrogen-bond acceptors (Lipinski definition) is 5. The number of ether oxygens (including phenoxy) is 1. The minimum Gasteiger partial charge on any atom is -0.466 e. The second kappa shape index (κ2) is 11.3. The smallest absolute Gasteiger partial charge is 0.306 e. The standard InChI is InChI=1S/C26H38N4O4/c1-9-34-25(33)14-13-24(32)29(17(2)3)16-23(31)27-22-15-21(26(6,7)8)28-30(22)20-12-10-11-18(4)19(20)5/h10-12,15,17H,9,13-14,16H2,1-8H3,(H,27,31). The second-order valence-electron chi connectivity index (χ2n) is 9.76. The maximum atomic E-state index is 13.0. The SMILES string of the molecule is CCOC(=O)CCC(=O)N(CC(=O)Nc1cc(C(C)(C)C)nn1-c1cccc(C)c1C)C(C)C. The predicted molar refractivity (Wildman–Crippen MR) is 133 cm³/mol. The molecule has 0 unspecified atom stereocenters. The molecule has 0 radical (unpaired) electrons. The van der Waals surface area contributed by atoms with E-state index in [-0.39, 0.29) is 49.3 Å². The fourth-order valence-electron chi connectivity index (χ4n) is 3.47. The molecule has 1 aromatic carbocycles. The van der Waals surface area contributed by atoms with Crippen LogP contribution >= 0.6 is 0 Å². The van der Waals surface area contributed by atoms with Gasteiger partial charge in [0.2, 0.25) is 11.8 Å². The molecule has 0 atom stereocenters. The Labute approximate surface area is 202 Å². The lowest BCUT2D eigenvalue weighted by Gasteiger charge is -2.26. The molecule has 0 aliphatic carbocycles. The first-order chi connectivity index (χ1) is 15.8. The van der Waals surface area contributed by atoms with Crippen LogP contribution in [0.15, 0.2) is 24.3 Å². The number of aryl methyl sites for hydroxylation is 1. The highest BCUT2D eigenvalue weighted by Gasteiger charge is 2.25. The lowest BCUT2D eigenvalue weighted by Crippen LogP contribution is -2.42. The van der Waals surface area contributed by atoms with Crippen molar-refractivity contribution in [2.45, 2.75) is 79.7 Å². The minimum atomic E-state index is -0.420. The maximum absolute atomic E-state index is 13.0. The summed E-state index contributed by atoms with van der Waals surface area (Å²) in [7, 11) is 0. The van der Waals surface area contributed by atoms with E-state index in [0.29, 0.717) is 5.82 Å². The van der Waals surface area contributed by atoms with Gasteiger partial charge in [0.1, 0.15) is 12.4 Å². The molecule has 0 fully saturated rings. The van der Waals surface area contributed by atoms with Crippen LogP contribution in [-0.4, -0.2) is 51.7 Å². The molecule has 0 saturated heterocycles. The van der Waals surface area contributed by atoms with Crippen LogP contribution in [0.3, 0.4) is 0 Å². The first-order valence-corrected chi connectivity index (χ1v) is 11.8. The molecule has 0 saturated carbocycles. The van der Waals surface area contributed by atoms with Crippen molar-refractivity contribution in [2.75, 3.05) is 18.5 Å². The van der Waals surface area contributed by atoms with Gasteiger partial charge in [-0.3, -0.25) is 14.4 Å². The Morgan fingerprint density at radius 1 is 1.15 bits per heavy atom.